The number of hydrogen-bond acceptors (Lipinski definition) is 2. The van der Waals surface area contributed by atoms with Crippen LogP contribution in [-0.2, 0) is 11.3 Å². The summed E-state index contributed by atoms with van der Waals surface area (Å²) < 4.78 is 0. The lowest BCUT2D eigenvalue weighted by atomic mass is 9.98. The van der Waals surface area contributed by atoms with Crippen molar-refractivity contribution in [2.75, 3.05) is 6.54 Å². The summed E-state index contributed by atoms with van der Waals surface area (Å²) >= 11 is 0. The van der Waals surface area contributed by atoms with E-state index in [9.17, 15) is 9.59 Å². The number of nitrogens with one attached hydrogen (secondary N) is 1. The topological polar surface area (TPSA) is 75.4 Å². The molecule has 0 saturated carbocycles. The maximum atomic E-state index is 12.8. The van der Waals surface area contributed by atoms with Crippen molar-refractivity contribution in [3.8, 4) is 0 Å². The van der Waals surface area contributed by atoms with Crippen molar-refractivity contribution < 1.29 is 9.59 Å². The summed E-state index contributed by atoms with van der Waals surface area (Å²) in [5.74, 6) is -0.0200. The Kier molecular flexibility index (Phi) is 6.57. The number of amides is 3. The summed E-state index contributed by atoms with van der Waals surface area (Å²) in [5.41, 5.74) is 8.31. The number of carbonyl (C=O) groups excluding carboxylic acids is 2. The van der Waals surface area contributed by atoms with Crippen LogP contribution in [0.1, 0.15) is 36.1 Å². The van der Waals surface area contributed by atoms with Gasteiger partial charge >= 0.3 is 6.03 Å². The van der Waals surface area contributed by atoms with E-state index in [-0.39, 0.29) is 12.3 Å². The summed E-state index contributed by atoms with van der Waals surface area (Å²) in [6, 6.07) is 16.5. The van der Waals surface area contributed by atoms with Gasteiger partial charge in [0.15, 0.2) is 0 Å². The highest BCUT2D eigenvalue weighted by molar-refractivity contribution is 5.79. The normalized spacial score (nSPS) is 11.6. The fraction of sp³-hybridized carbons (Fsp3) is 0.300. The fourth-order valence-electron chi connectivity index (χ4n) is 2.87. The number of benzene rings is 2. The molecule has 5 heteroatoms. The molecule has 0 spiro atoms. The van der Waals surface area contributed by atoms with Gasteiger partial charge in [-0.2, -0.15) is 0 Å². The van der Waals surface area contributed by atoms with E-state index in [1.165, 1.54) is 0 Å². The summed E-state index contributed by atoms with van der Waals surface area (Å²) in [5, 5.41) is 2.70. The van der Waals surface area contributed by atoms with Crippen molar-refractivity contribution in [3.63, 3.8) is 0 Å². The third-order valence-electron chi connectivity index (χ3n) is 4.21. The summed E-state index contributed by atoms with van der Waals surface area (Å²) in [4.78, 5) is 26.0. The van der Waals surface area contributed by atoms with Crippen molar-refractivity contribution in [1.82, 2.24) is 10.2 Å². The molecule has 0 bridgehead atoms. The zero-order chi connectivity index (χ0) is 18.2. The number of aryl methyl sites for hydroxylation is 1. The molecule has 0 heterocycles. The van der Waals surface area contributed by atoms with Gasteiger partial charge in [0.25, 0.3) is 0 Å². The molecule has 0 saturated heterocycles. The van der Waals surface area contributed by atoms with E-state index in [4.69, 9.17) is 5.73 Å². The Morgan fingerprint density at radius 1 is 1.08 bits per heavy atom. The van der Waals surface area contributed by atoms with E-state index in [0.29, 0.717) is 13.1 Å². The summed E-state index contributed by atoms with van der Waals surface area (Å²) in [6.45, 7) is 5.06. The van der Waals surface area contributed by atoms with Gasteiger partial charge in [0.1, 0.15) is 0 Å². The van der Waals surface area contributed by atoms with Crippen LogP contribution in [0.3, 0.4) is 0 Å². The Morgan fingerprint density at radius 3 is 2.32 bits per heavy atom. The van der Waals surface area contributed by atoms with Crippen LogP contribution in [0.15, 0.2) is 54.6 Å². The van der Waals surface area contributed by atoms with Crippen LogP contribution in [0.4, 0.5) is 4.79 Å². The van der Waals surface area contributed by atoms with Gasteiger partial charge in [0.05, 0.1) is 12.5 Å². The SMILES string of the molecule is CCN(Cc1ccccc1)C(=O)CC(NC(N)=O)c1ccccc1C. The molecule has 0 aliphatic rings. The fourth-order valence-corrected chi connectivity index (χ4v) is 2.87. The first-order valence-electron chi connectivity index (χ1n) is 8.44. The second kappa shape index (κ2) is 8.87. The average molecular weight is 339 g/mol. The second-order valence-corrected chi connectivity index (χ2v) is 6.02. The quantitative estimate of drug-likeness (QED) is 0.813. The van der Waals surface area contributed by atoms with Gasteiger partial charge in [-0.1, -0.05) is 54.6 Å². The van der Waals surface area contributed by atoms with E-state index in [0.717, 1.165) is 16.7 Å². The third-order valence-corrected chi connectivity index (χ3v) is 4.21. The van der Waals surface area contributed by atoms with Crippen LogP contribution in [0.25, 0.3) is 0 Å². The highest BCUT2D eigenvalue weighted by atomic mass is 16.2. The van der Waals surface area contributed by atoms with Crippen LogP contribution in [0.5, 0.6) is 0 Å². The molecule has 0 radical (unpaired) electrons. The van der Waals surface area contributed by atoms with E-state index in [1.54, 1.807) is 4.90 Å². The molecular weight excluding hydrogens is 314 g/mol. The predicted octanol–water partition coefficient (Wildman–Crippen LogP) is 3.14. The van der Waals surface area contributed by atoms with E-state index >= 15 is 0 Å². The van der Waals surface area contributed by atoms with Gasteiger partial charge in [-0.25, -0.2) is 4.79 Å². The Morgan fingerprint density at radius 2 is 1.72 bits per heavy atom. The molecule has 3 N–H and O–H groups in total. The van der Waals surface area contributed by atoms with E-state index in [1.807, 2.05) is 68.4 Å². The standard InChI is InChI=1S/C20H25N3O2/c1-3-23(14-16-10-5-4-6-11-16)19(24)13-18(22-20(21)25)17-12-8-7-9-15(17)2/h4-12,18H,3,13-14H2,1-2H3,(H3,21,22,25). The lowest BCUT2D eigenvalue weighted by Crippen LogP contribution is -2.38. The first-order valence-corrected chi connectivity index (χ1v) is 8.44. The lowest BCUT2D eigenvalue weighted by Gasteiger charge is -2.25. The molecular formula is C20H25N3O2. The molecule has 132 valence electrons. The maximum Gasteiger partial charge on any atom is 0.312 e. The summed E-state index contributed by atoms with van der Waals surface area (Å²) in [6.07, 6.45) is 0.175. The highest BCUT2D eigenvalue weighted by Crippen LogP contribution is 2.22. The van der Waals surface area contributed by atoms with Crippen LogP contribution in [0, 0.1) is 6.92 Å². The van der Waals surface area contributed by atoms with Crippen LogP contribution in [0.2, 0.25) is 0 Å². The Balaban J connectivity index is 2.14. The monoisotopic (exact) mass is 339 g/mol. The lowest BCUT2D eigenvalue weighted by molar-refractivity contribution is -0.132. The molecule has 3 amide bonds. The van der Waals surface area contributed by atoms with Crippen LogP contribution < -0.4 is 11.1 Å². The maximum absolute atomic E-state index is 12.8. The summed E-state index contributed by atoms with van der Waals surface area (Å²) in [7, 11) is 0. The van der Waals surface area contributed by atoms with E-state index < -0.39 is 12.1 Å². The second-order valence-electron chi connectivity index (χ2n) is 6.02. The van der Waals surface area contributed by atoms with Gasteiger partial charge in [-0.05, 0) is 30.5 Å². The average Bonchev–Trinajstić information content (AvgIpc) is 2.60. The van der Waals surface area contributed by atoms with Crippen LogP contribution >= 0.6 is 0 Å². The van der Waals surface area contributed by atoms with Gasteiger partial charge in [-0.3, -0.25) is 4.79 Å². The van der Waals surface area contributed by atoms with Crippen molar-refractivity contribution in [2.24, 2.45) is 5.73 Å². The Bertz CT molecular complexity index is 716. The molecule has 1 atom stereocenters. The number of carbonyl (C=O) groups is 2. The minimum atomic E-state index is -0.632. The molecule has 2 aromatic rings. The number of nitrogens with zero attached hydrogens (tertiary/aromatic N) is 1. The number of nitrogens with two attached hydrogens (primary N) is 1. The molecule has 5 nitrogen and oxygen atoms in total. The van der Waals surface area contributed by atoms with Crippen molar-refractivity contribution in [3.05, 3.63) is 71.3 Å². The first kappa shape index (κ1) is 18.5. The van der Waals surface area contributed by atoms with Crippen LogP contribution in [-0.4, -0.2) is 23.4 Å². The van der Waals surface area contributed by atoms with Gasteiger partial charge < -0.3 is 16.0 Å². The van der Waals surface area contributed by atoms with Gasteiger partial charge in [0, 0.05) is 13.1 Å². The van der Waals surface area contributed by atoms with Crippen molar-refractivity contribution in [1.29, 1.82) is 0 Å². The van der Waals surface area contributed by atoms with Crippen molar-refractivity contribution >= 4 is 11.9 Å². The Hall–Kier alpha value is -2.82. The minimum absolute atomic E-state index is 0.0200. The third kappa shape index (κ3) is 5.35. The zero-order valence-electron chi connectivity index (χ0n) is 14.7. The Labute approximate surface area is 148 Å². The van der Waals surface area contributed by atoms with Gasteiger partial charge in [-0.15, -0.1) is 0 Å². The smallest absolute Gasteiger partial charge is 0.312 e. The molecule has 0 aliphatic heterocycles. The number of primary amides is 1. The van der Waals surface area contributed by atoms with Crippen molar-refractivity contribution in [2.45, 2.75) is 32.9 Å². The largest absolute Gasteiger partial charge is 0.352 e. The van der Waals surface area contributed by atoms with E-state index in [2.05, 4.69) is 5.32 Å². The number of urea groups is 1. The molecule has 25 heavy (non-hydrogen) atoms. The number of rotatable bonds is 7. The predicted molar refractivity (Wildman–Crippen MR) is 98.8 cm³/mol. The van der Waals surface area contributed by atoms with Gasteiger partial charge in [0.2, 0.25) is 5.91 Å². The molecule has 1 unspecified atom stereocenters. The molecule has 0 fully saturated rings. The molecule has 0 aliphatic carbocycles. The minimum Gasteiger partial charge on any atom is -0.352 e. The zero-order valence-corrected chi connectivity index (χ0v) is 14.7. The highest BCUT2D eigenvalue weighted by Gasteiger charge is 2.22. The molecule has 2 aromatic carbocycles. The number of hydrogen-bond donors (Lipinski definition) is 2. The first-order chi connectivity index (χ1) is 12.0. The molecule has 0 aromatic heterocycles. The molecule has 2 rings (SSSR count).